The molecule has 1 aliphatic heterocycles. The molecule has 2 unspecified atom stereocenters. The molecular formula is C19H19N3O5S. The first-order chi connectivity index (χ1) is 13.4. The van der Waals surface area contributed by atoms with Gasteiger partial charge in [-0.05, 0) is 54.3 Å². The van der Waals surface area contributed by atoms with E-state index in [9.17, 15) is 18.0 Å². The number of anilines is 1. The van der Waals surface area contributed by atoms with Crippen molar-refractivity contribution in [2.45, 2.75) is 10.9 Å². The van der Waals surface area contributed by atoms with Crippen molar-refractivity contribution in [2.75, 3.05) is 18.4 Å². The molecule has 2 atom stereocenters. The van der Waals surface area contributed by atoms with Crippen molar-refractivity contribution in [1.82, 2.24) is 9.62 Å². The molecule has 0 radical (unpaired) electrons. The second-order valence-corrected chi connectivity index (χ2v) is 8.78. The highest BCUT2D eigenvalue weighted by Crippen LogP contribution is 2.47. The summed E-state index contributed by atoms with van der Waals surface area (Å²) in [5, 5.41) is 5.47. The maximum atomic E-state index is 12.8. The molecule has 2 fully saturated rings. The number of benzene rings is 1. The molecule has 1 aromatic carbocycles. The Bertz CT molecular complexity index is 1000. The molecule has 1 aromatic heterocycles. The van der Waals surface area contributed by atoms with Gasteiger partial charge in [0.05, 0.1) is 11.2 Å². The molecule has 2 aromatic rings. The summed E-state index contributed by atoms with van der Waals surface area (Å²) < 4.78 is 32.1. The van der Waals surface area contributed by atoms with Crippen LogP contribution in [0.15, 0.2) is 64.6 Å². The molecule has 1 saturated heterocycles. The van der Waals surface area contributed by atoms with Crippen LogP contribution in [-0.2, 0) is 14.8 Å². The van der Waals surface area contributed by atoms with Gasteiger partial charge in [-0.3, -0.25) is 9.59 Å². The quantitative estimate of drug-likeness (QED) is 0.712. The van der Waals surface area contributed by atoms with Crippen molar-refractivity contribution in [2.24, 2.45) is 11.8 Å². The molecule has 0 bridgehead atoms. The fraction of sp³-hybridized carbons (Fsp3) is 0.263. The van der Waals surface area contributed by atoms with Crippen molar-refractivity contribution in [3.05, 3.63) is 61.1 Å². The van der Waals surface area contributed by atoms with E-state index in [1.54, 1.807) is 6.07 Å². The van der Waals surface area contributed by atoms with Crippen molar-refractivity contribution >= 4 is 27.5 Å². The first-order valence-corrected chi connectivity index (χ1v) is 10.2. The van der Waals surface area contributed by atoms with Crippen LogP contribution >= 0.6 is 0 Å². The lowest BCUT2D eigenvalue weighted by Crippen LogP contribution is -2.36. The van der Waals surface area contributed by atoms with Crippen molar-refractivity contribution in [3.63, 3.8) is 0 Å². The maximum absolute atomic E-state index is 12.8. The summed E-state index contributed by atoms with van der Waals surface area (Å²) in [6.07, 6.45) is 2.62. The molecule has 2 N–H and O–H groups in total. The number of sulfonamides is 1. The third-order valence-corrected chi connectivity index (χ3v) is 7.00. The number of carbonyl (C=O) groups is 2. The van der Waals surface area contributed by atoms with Gasteiger partial charge in [0.15, 0.2) is 5.76 Å². The van der Waals surface area contributed by atoms with Crippen LogP contribution in [0.1, 0.15) is 10.6 Å². The Morgan fingerprint density at radius 1 is 1.14 bits per heavy atom. The average Bonchev–Trinajstić information content (AvgIpc) is 3.11. The van der Waals surface area contributed by atoms with Gasteiger partial charge in [0.2, 0.25) is 15.9 Å². The second kappa shape index (κ2) is 6.92. The van der Waals surface area contributed by atoms with E-state index in [1.807, 2.05) is 0 Å². The van der Waals surface area contributed by atoms with E-state index < -0.39 is 15.9 Å². The number of amides is 2. The summed E-state index contributed by atoms with van der Waals surface area (Å²) in [6, 6.07) is 9.18. The summed E-state index contributed by atoms with van der Waals surface area (Å²) in [7, 11) is -3.62. The van der Waals surface area contributed by atoms with E-state index in [-0.39, 0.29) is 34.4 Å². The number of carbonyl (C=O) groups excluding carboxylic acids is 2. The minimum atomic E-state index is -3.62. The topological polar surface area (TPSA) is 109 Å². The van der Waals surface area contributed by atoms with Gasteiger partial charge in [-0.25, -0.2) is 8.42 Å². The minimum absolute atomic E-state index is 0.0242. The fourth-order valence-electron chi connectivity index (χ4n) is 3.58. The fourth-order valence-corrected chi connectivity index (χ4v) is 5.10. The number of nitrogens with zero attached hydrogens (tertiary/aromatic N) is 1. The highest BCUT2D eigenvalue weighted by molar-refractivity contribution is 7.89. The van der Waals surface area contributed by atoms with Crippen molar-refractivity contribution < 1.29 is 22.4 Å². The second-order valence-electron chi connectivity index (χ2n) is 6.84. The first kappa shape index (κ1) is 18.5. The number of furan rings is 1. The van der Waals surface area contributed by atoms with Gasteiger partial charge in [-0.15, -0.1) is 0 Å². The summed E-state index contributed by atoms with van der Waals surface area (Å²) in [5.41, 5.74) is 0.469. The van der Waals surface area contributed by atoms with Crippen molar-refractivity contribution in [1.29, 1.82) is 0 Å². The molecule has 2 amide bonds. The summed E-state index contributed by atoms with van der Waals surface area (Å²) in [6.45, 7) is 4.18. The predicted molar refractivity (Wildman–Crippen MR) is 101 cm³/mol. The van der Waals surface area contributed by atoms with Crippen LogP contribution in [0.4, 0.5) is 5.69 Å². The lowest BCUT2D eigenvalue weighted by molar-refractivity contribution is -0.116. The third-order valence-electron chi connectivity index (χ3n) is 5.15. The maximum Gasteiger partial charge on any atom is 0.291 e. The molecule has 2 heterocycles. The molecule has 146 valence electrons. The molecule has 1 saturated carbocycles. The molecule has 2 aliphatic rings. The Balaban J connectivity index is 1.39. The molecule has 8 nitrogen and oxygen atoms in total. The SMILES string of the molecule is C=CC(=O)NC1C2CN(S(=O)(=O)c3ccc(NC(=O)c4ccco4)cc3)CC21. The smallest absolute Gasteiger partial charge is 0.291 e. The number of fused-ring (bicyclic) bond motifs is 1. The molecule has 28 heavy (non-hydrogen) atoms. The van der Waals surface area contributed by atoms with E-state index in [4.69, 9.17) is 4.42 Å². The lowest BCUT2D eigenvalue weighted by atomic mass is 10.3. The van der Waals surface area contributed by atoms with Gasteiger partial charge in [0.1, 0.15) is 0 Å². The number of nitrogens with one attached hydrogen (secondary N) is 2. The number of hydrogen-bond acceptors (Lipinski definition) is 5. The van der Waals surface area contributed by atoms with E-state index in [0.29, 0.717) is 18.8 Å². The van der Waals surface area contributed by atoms with E-state index >= 15 is 0 Å². The summed E-state index contributed by atoms with van der Waals surface area (Å²) in [4.78, 5) is 23.5. The van der Waals surface area contributed by atoms with Gasteiger partial charge in [-0.1, -0.05) is 6.58 Å². The van der Waals surface area contributed by atoms with Gasteiger partial charge >= 0.3 is 0 Å². The van der Waals surface area contributed by atoms with Crippen molar-refractivity contribution in [3.8, 4) is 0 Å². The summed E-state index contributed by atoms with van der Waals surface area (Å²) in [5.74, 6) is -0.184. The molecular weight excluding hydrogens is 382 g/mol. The van der Waals surface area contributed by atoms with Gasteiger partial charge < -0.3 is 15.1 Å². The Labute approximate surface area is 162 Å². The summed E-state index contributed by atoms with van der Waals surface area (Å²) >= 11 is 0. The van der Waals surface area contributed by atoms with Crippen LogP contribution in [0.25, 0.3) is 0 Å². The van der Waals surface area contributed by atoms with Crippen LogP contribution in [0.5, 0.6) is 0 Å². The zero-order valence-corrected chi connectivity index (χ0v) is 15.7. The van der Waals surface area contributed by atoms with Gasteiger partial charge in [0, 0.05) is 24.8 Å². The van der Waals surface area contributed by atoms with E-state index in [0.717, 1.165) is 0 Å². The minimum Gasteiger partial charge on any atom is -0.459 e. The van der Waals surface area contributed by atoms with Crippen LogP contribution in [-0.4, -0.2) is 43.7 Å². The van der Waals surface area contributed by atoms with Crippen LogP contribution < -0.4 is 10.6 Å². The Morgan fingerprint density at radius 3 is 2.39 bits per heavy atom. The van der Waals surface area contributed by atoms with Crippen LogP contribution in [0, 0.1) is 11.8 Å². The monoisotopic (exact) mass is 401 g/mol. The highest BCUT2D eigenvalue weighted by Gasteiger charge is 2.58. The van der Waals surface area contributed by atoms with Gasteiger partial charge in [0.25, 0.3) is 5.91 Å². The highest BCUT2D eigenvalue weighted by atomic mass is 32.2. The average molecular weight is 401 g/mol. The largest absolute Gasteiger partial charge is 0.459 e. The van der Waals surface area contributed by atoms with Gasteiger partial charge in [-0.2, -0.15) is 4.31 Å². The molecule has 9 heteroatoms. The normalized spacial score (nSPS) is 23.6. The number of rotatable bonds is 6. The van der Waals surface area contributed by atoms with Crippen LogP contribution in [0.3, 0.4) is 0 Å². The molecule has 0 spiro atoms. The Morgan fingerprint density at radius 2 is 1.82 bits per heavy atom. The Kier molecular flexibility index (Phi) is 4.56. The van der Waals surface area contributed by atoms with E-state index in [2.05, 4.69) is 17.2 Å². The van der Waals surface area contributed by atoms with Crippen LogP contribution in [0.2, 0.25) is 0 Å². The standard InChI is InChI=1S/C19H19N3O5S/c1-2-17(23)21-18-14-10-22(11-15(14)18)28(25,26)13-7-5-12(6-8-13)20-19(24)16-4-3-9-27-16/h2-9,14-15,18H,1,10-11H2,(H,20,24)(H,21,23). The molecule has 4 rings (SSSR count). The predicted octanol–water partition coefficient (Wildman–Crippen LogP) is 1.45. The Hall–Kier alpha value is -2.91. The zero-order valence-electron chi connectivity index (χ0n) is 14.9. The molecule has 1 aliphatic carbocycles. The zero-order chi connectivity index (χ0) is 19.9. The third kappa shape index (κ3) is 3.34. The number of hydrogen-bond donors (Lipinski definition) is 2. The van der Waals surface area contributed by atoms with E-state index in [1.165, 1.54) is 47.0 Å². The lowest BCUT2D eigenvalue weighted by Gasteiger charge is -2.20. The first-order valence-electron chi connectivity index (χ1n) is 8.78. The number of piperidine rings is 1.